The van der Waals surface area contributed by atoms with Crippen molar-refractivity contribution in [1.29, 1.82) is 0 Å². The van der Waals surface area contributed by atoms with E-state index in [4.69, 9.17) is 0 Å². The Morgan fingerprint density at radius 2 is 1.77 bits per heavy atom. The second kappa shape index (κ2) is 8.29. The molecule has 114 valence electrons. The number of urea groups is 1. The summed E-state index contributed by atoms with van der Waals surface area (Å²) in [6.07, 6.45) is 2.66. The minimum absolute atomic E-state index is 0.228. The molecule has 0 bridgehead atoms. The summed E-state index contributed by atoms with van der Waals surface area (Å²) in [4.78, 5) is 14.1. The van der Waals surface area contributed by atoms with E-state index in [1.165, 1.54) is 0 Å². The molecule has 0 saturated carbocycles. The first-order valence-electron chi connectivity index (χ1n) is 7.24. The summed E-state index contributed by atoms with van der Waals surface area (Å²) in [5.74, 6) is 0. The van der Waals surface area contributed by atoms with Crippen LogP contribution in [0.1, 0.15) is 20.3 Å². The summed E-state index contributed by atoms with van der Waals surface area (Å²) in [6, 6.07) is 17.7. The van der Waals surface area contributed by atoms with Gasteiger partial charge in [-0.15, -0.1) is 0 Å². The van der Waals surface area contributed by atoms with Gasteiger partial charge in [0.15, 0.2) is 0 Å². The zero-order valence-corrected chi connectivity index (χ0v) is 13.6. The van der Waals surface area contributed by atoms with Crippen molar-refractivity contribution < 1.29 is 4.79 Å². The van der Waals surface area contributed by atoms with Crippen LogP contribution in [0.3, 0.4) is 0 Å². The van der Waals surface area contributed by atoms with E-state index in [1.54, 1.807) is 18.0 Å². The lowest BCUT2D eigenvalue weighted by Crippen LogP contribution is -2.24. The van der Waals surface area contributed by atoms with Crippen LogP contribution in [0.5, 0.6) is 0 Å². The quantitative estimate of drug-likeness (QED) is 0.789. The molecular weight excluding hydrogens is 292 g/mol. The Bertz CT molecular complexity index is 653. The number of carbonyl (C=O) groups is 1. The van der Waals surface area contributed by atoms with Gasteiger partial charge >= 0.3 is 6.03 Å². The number of hydrogen-bond acceptors (Lipinski definition) is 2. The van der Waals surface area contributed by atoms with E-state index in [9.17, 15) is 4.79 Å². The summed E-state index contributed by atoms with van der Waals surface area (Å²) in [5.41, 5.74) is 1.93. The van der Waals surface area contributed by atoms with Crippen molar-refractivity contribution in [3.63, 3.8) is 0 Å². The lowest BCUT2D eigenvalue weighted by atomic mass is 10.3. The molecular formula is C18H20N2OS. The fourth-order valence-corrected chi connectivity index (χ4v) is 2.65. The topological polar surface area (TPSA) is 41.1 Å². The van der Waals surface area contributed by atoms with Crippen LogP contribution in [0, 0.1) is 0 Å². The molecule has 2 rings (SSSR count). The zero-order valence-electron chi connectivity index (χ0n) is 12.8. The van der Waals surface area contributed by atoms with E-state index in [0.717, 1.165) is 27.5 Å². The molecule has 2 aromatic carbocycles. The number of carbonyl (C=O) groups excluding carboxylic acids is 1. The van der Waals surface area contributed by atoms with Crippen molar-refractivity contribution in [1.82, 2.24) is 5.32 Å². The maximum atomic E-state index is 12.0. The molecule has 0 saturated heterocycles. The molecule has 0 heterocycles. The number of allylic oxidation sites excluding steroid dienone is 1. The van der Waals surface area contributed by atoms with Crippen LogP contribution in [0.2, 0.25) is 0 Å². The number of amides is 2. The van der Waals surface area contributed by atoms with Crippen LogP contribution in [0.15, 0.2) is 76.2 Å². The SMILES string of the molecule is CC/C(C)=C/NC(=O)Nc1ccccc1Sc1ccccc1. The van der Waals surface area contributed by atoms with Gasteiger partial charge in [0.05, 0.1) is 5.69 Å². The Balaban J connectivity index is 2.07. The van der Waals surface area contributed by atoms with Gasteiger partial charge in [0.1, 0.15) is 0 Å². The third kappa shape index (κ3) is 4.97. The van der Waals surface area contributed by atoms with Crippen molar-refractivity contribution in [3.8, 4) is 0 Å². The molecule has 0 spiro atoms. The number of nitrogens with one attached hydrogen (secondary N) is 2. The number of rotatable bonds is 5. The third-order valence-corrected chi connectivity index (χ3v) is 4.20. The van der Waals surface area contributed by atoms with Crippen LogP contribution in [-0.4, -0.2) is 6.03 Å². The van der Waals surface area contributed by atoms with Crippen LogP contribution < -0.4 is 10.6 Å². The lowest BCUT2D eigenvalue weighted by molar-refractivity contribution is 0.255. The fourth-order valence-electron chi connectivity index (χ4n) is 1.72. The third-order valence-electron chi connectivity index (χ3n) is 3.11. The molecule has 4 heteroatoms. The van der Waals surface area contributed by atoms with Gasteiger partial charge < -0.3 is 10.6 Å². The summed E-state index contributed by atoms with van der Waals surface area (Å²) in [6.45, 7) is 4.04. The van der Waals surface area contributed by atoms with Crippen molar-refractivity contribution >= 4 is 23.5 Å². The average Bonchev–Trinajstić information content (AvgIpc) is 2.55. The standard InChI is InChI=1S/C18H20N2OS/c1-3-14(2)13-19-18(21)20-16-11-7-8-12-17(16)22-15-9-5-4-6-10-15/h4-13H,3H2,1-2H3,(H2,19,20,21)/b14-13+. The van der Waals surface area contributed by atoms with Gasteiger partial charge in [-0.05, 0) is 37.6 Å². The van der Waals surface area contributed by atoms with E-state index >= 15 is 0 Å². The minimum Gasteiger partial charge on any atom is -0.314 e. The highest BCUT2D eigenvalue weighted by Gasteiger charge is 2.06. The number of anilines is 1. The first-order chi connectivity index (χ1) is 10.7. The predicted molar refractivity (Wildman–Crippen MR) is 93.2 cm³/mol. The Morgan fingerprint density at radius 3 is 2.50 bits per heavy atom. The summed E-state index contributed by atoms with van der Waals surface area (Å²) < 4.78 is 0. The van der Waals surface area contributed by atoms with Gasteiger partial charge in [-0.1, -0.05) is 54.6 Å². The molecule has 2 N–H and O–H groups in total. The van der Waals surface area contributed by atoms with E-state index in [2.05, 4.69) is 29.7 Å². The van der Waals surface area contributed by atoms with Gasteiger partial charge in [0, 0.05) is 16.0 Å². The van der Waals surface area contributed by atoms with Crippen molar-refractivity contribution in [2.24, 2.45) is 0 Å². The number of hydrogen-bond donors (Lipinski definition) is 2. The monoisotopic (exact) mass is 312 g/mol. The molecule has 3 nitrogen and oxygen atoms in total. The smallest absolute Gasteiger partial charge is 0.314 e. The normalized spacial score (nSPS) is 11.1. The van der Waals surface area contributed by atoms with Gasteiger partial charge in [0.25, 0.3) is 0 Å². The van der Waals surface area contributed by atoms with E-state index in [1.807, 2.05) is 49.4 Å². The Hall–Kier alpha value is -2.20. The Morgan fingerprint density at radius 1 is 1.09 bits per heavy atom. The molecule has 22 heavy (non-hydrogen) atoms. The fraction of sp³-hybridized carbons (Fsp3) is 0.167. The molecule has 2 amide bonds. The van der Waals surface area contributed by atoms with Gasteiger partial charge in [-0.25, -0.2) is 4.79 Å². The van der Waals surface area contributed by atoms with Gasteiger partial charge in [0.2, 0.25) is 0 Å². The van der Waals surface area contributed by atoms with Crippen molar-refractivity contribution in [2.45, 2.75) is 30.1 Å². The lowest BCUT2D eigenvalue weighted by Gasteiger charge is -2.10. The predicted octanol–water partition coefficient (Wildman–Crippen LogP) is 5.27. The summed E-state index contributed by atoms with van der Waals surface area (Å²) in [5, 5.41) is 5.65. The maximum absolute atomic E-state index is 12.0. The van der Waals surface area contributed by atoms with Gasteiger partial charge in [-0.2, -0.15) is 0 Å². The van der Waals surface area contributed by atoms with Crippen LogP contribution >= 0.6 is 11.8 Å². The number of para-hydroxylation sites is 1. The van der Waals surface area contributed by atoms with Crippen molar-refractivity contribution in [3.05, 3.63) is 66.4 Å². The highest BCUT2D eigenvalue weighted by molar-refractivity contribution is 7.99. The molecule has 0 atom stereocenters. The molecule has 2 aromatic rings. The van der Waals surface area contributed by atoms with Gasteiger partial charge in [-0.3, -0.25) is 0 Å². The second-order valence-electron chi connectivity index (χ2n) is 4.85. The second-order valence-corrected chi connectivity index (χ2v) is 5.97. The Kier molecular flexibility index (Phi) is 6.10. The van der Waals surface area contributed by atoms with Crippen LogP contribution in [0.4, 0.5) is 10.5 Å². The molecule has 0 aliphatic heterocycles. The summed E-state index contributed by atoms with van der Waals surface area (Å²) in [7, 11) is 0. The number of benzene rings is 2. The first kappa shape index (κ1) is 16.2. The van der Waals surface area contributed by atoms with Crippen LogP contribution in [0.25, 0.3) is 0 Å². The van der Waals surface area contributed by atoms with Crippen molar-refractivity contribution in [2.75, 3.05) is 5.32 Å². The first-order valence-corrected chi connectivity index (χ1v) is 8.05. The Labute approximate surface area is 135 Å². The van der Waals surface area contributed by atoms with E-state index in [0.29, 0.717) is 0 Å². The highest BCUT2D eigenvalue weighted by atomic mass is 32.2. The average molecular weight is 312 g/mol. The molecule has 0 fully saturated rings. The minimum atomic E-state index is -0.228. The van der Waals surface area contributed by atoms with E-state index in [-0.39, 0.29) is 6.03 Å². The molecule has 0 radical (unpaired) electrons. The largest absolute Gasteiger partial charge is 0.323 e. The molecule has 0 aliphatic carbocycles. The molecule has 0 aliphatic rings. The van der Waals surface area contributed by atoms with E-state index < -0.39 is 0 Å². The van der Waals surface area contributed by atoms with Crippen LogP contribution in [-0.2, 0) is 0 Å². The molecule has 0 unspecified atom stereocenters. The molecule has 0 aromatic heterocycles. The summed E-state index contributed by atoms with van der Waals surface area (Å²) >= 11 is 1.63. The zero-order chi connectivity index (χ0) is 15.8. The maximum Gasteiger partial charge on any atom is 0.323 e. The highest BCUT2D eigenvalue weighted by Crippen LogP contribution is 2.33.